The first-order valence-electron chi connectivity index (χ1n) is 9.33. The Morgan fingerprint density at radius 2 is 1.81 bits per heavy atom. The molecule has 140 valence electrons. The first-order chi connectivity index (χ1) is 13.1. The molecule has 4 rings (SSSR count). The summed E-state index contributed by atoms with van der Waals surface area (Å²) < 4.78 is 15.3. The number of rotatable bonds is 7. The lowest BCUT2D eigenvalue weighted by Crippen LogP contribution is -2.20. The second-order valence-electron chi connectivity index (χ2n) is 7.44. The van der Waals surface area contributed by atoms with Crippen LogP contribution in [0.1, 0.15) is 29.9 Å². The van der Waals surface area contributed by atoms with Gasteiger partial charge in [0.2, 0.25) is 0 Å². The molecule has 1 aliphatic carbocycles. The molecule has 2 aromatic carbocycles. The highest BCUT2D eigenvalue weighted by Gasteiger charge is 2.23. The van der Waals surface area contributed by atoms with Gasteiger partial charge in [-0.2, -0.15) is 0 Å². The van der Waals surface area contributed by atoms with Gasteiger partial charge in [0.25, 0.3) is 0 Å². The summed E-state index contributed by atoms with van der Waals surface area (Å²) >= 11 is 6.04. The summed E-state index contributed by atoms with van der Waals surface area (Å²) in [4.78, 5) is 7.23. The number of hydrogen-bond donors (Lipinski definition) is 0. The fourth-order valence-electron chi connectivity index (χ4n) is 3.37. The molecule has 0 saturated heterocycles. The summed E-state index contributed by atoms with van der Waals surface area (Å²) in [6.07, 6.45) is 5.44. The highest BCUT2D eigenvalue weighted by atomic mass is 35.5. The van der Waals surface area contributed by atoms with Gasteiger partial charge in [-0.05, 0) is 67.8 Å². The Hall–Kier alpha value is -2.17. The fraction of sp³-hybridized carbons (Fsp3) is 0.318. The number of nitrogens with zero attached hydrogens (tertiary/aromatic N) is 3. The number of aromatic nitrogens is 2. The summed E-state index contributed by atoms with van der Waals surface area (Å²) in [6.45, 7) is 1.95. The summed E-state index contributed by atoms with van der Waals surface area (Å²) in [5.74, 6) is 1.58. The van der Waals surface area contributed by atoms with E-state index in [1.165, 1.54) is 25.0 Å². The van der Waals surface area contributed by atoms with Crippen molar-refractivity contribution in [3.63, 3.8) is 0 Å². The van der Waals surface area contributed by atoms with E-state index in [1.54, 1.807) is 0 Å². The molecular weight excluding hydrogens is 361 g/mol. The molecule has 0 amide bonds. The van der Waals surface area contributed by atoms with Crippen molar-refractivity contribution >= 4 is 11.6 Å². The third-order valence-electron chi connectivity index (χ3n) is 4.91. The van der Waals surface area contributed by atoms with Gasteiger partial charge in [0, 0.05) is 36.4 Å². The van der Waals surface area contributed by atoms with Crippen molar-refractivity contribution in [2.75, 3.05) is 13.6 Å². The highest BCUT2D eigenvalue weighted by molar-refractivity contribution is 6.30. The van der Waals surface area contributed by atoms with Gasteiger partial charge in [0.1, 0.15) is 11.6 Å². The molecule has 3 nitrogen and oxygen atoms in total. The highest BCUT2D eigenvalue weighted by Crippen LogP contribution is 2.29. The van der Waals surface area contributed by atoms with Gasteiger partial charge in [-0.15, -0.1) is 0 Å². The van der Waals surface area contributed by atoms with Crippen molar-refractivity contribution in [1.82, 2.24) is 14.5 Å². The lowest BCUT2D eigenvalue weighted by molar-refractivity contribution is 0.310. The van der Waals surface area contributed by atoms with E-state index in [4.69, 9.17) is 16.6 Å². The van der Waals surface area contributed by atoms with Crippen molar-refractivity contribution in [3.8, 4) is 5.69 Å². The first kappa shape index (κ1) is 18.2. The maximum Gasteiger partial charge on any atom is 0.123 e. The van der Waals surface area contributed by atoms with Crippen LogP contribution in [0.4, 0.5) is 4.39 Å². The molecule has 0 aliphatic heterocycles. The van der Waals surface area contributed by atoms with Crippen LogP contribution in [0.25, 0.3) is 5.69 Å². The van der Waals surface area contributed by atoms with Crippen LogP contribution in [0.5, 0.6) is 0 Å². The largest absolute Gasteiger partial charge is 0.303 e. The predicted molar refractivity (Wildman–Crippen MR) is 107 cm³/mol. The molecule has 1 aliphatic rings. The molecule has 27 heavy (non-hydrogen) atoms. The lowest BCUT2D eigenvalue weighted by atomic mass is 10.1. The molecule has 1 aromatic heterocycles. The van der Waals surface area contributed by atoms with Crippen LogP contribution in [0, 0.1) is 11.7 Å². The van der Waals surface area contributed by atoms with E-state index in [-0.39, 0.29) is 5.82 Å². The quantitative estimate of drug-likeness (QED) is 0.566. The average Bonchev–Trinajstić information content (AvgIpc) is 3.37. The Kier molecular flexibility index (Phi) is 5.28. The van der Waals surface area contributed by atoms with E-state index in [1.807, 2.05) is 36.4 Å². The van der Waals surface area contributed by atoms with Gasteiger partial charge in [0.15, 0.2) is 0 Å². The van der Waals surface area contributed by atoms with Crippen LogP contribution in [-0.4, -0.2) is 28.0 Å². The molecule has 3 aromatic rings. The Labute approximate surface area is 164 Å². The summed E-state index contributed by atoms with van der Waals surface area (Å²) in [5.41, 5.74) is 3.11. The Morgan fingerprint density at radius 3 is 2.48 bits per heavy atom. The summed E-state index contributed by atoms with van der Waals surface area (Å²) in [7, 11) is 2.15. The van der Waals surface area contributed by atoms with E-state index in [2.05, 4.69) is 22.7 Å². The fourth-order valence-corrected chi connectivity index (χ4v) is 3.49. The van der Waals surface area contributed by atoms with Crippen LogP contribution in [-0.2, 0) is 13.0 Å². The third-order valence-corrected chi connectivity index (χ3v) is 5.16. The molecule has 0 spiro atoms. The summed E-state index contributed by atoms with van der Waals surface area (Å²) in [6, 6.07) is 14.4. The van der Waals surface area contributed by atoms with E-state index in [0.717, 1.165) is 41.8 Å². The lowest BCUT2D eigenvalue weighted by Gasteiger charge is -2.14. The maximum absolute atomic E-state index is 13.2. The van der Waals surface area contributed by atoms with Crippen molar-refractivity contribution in [2.24, 2.45) is 5.92 Å². The number of imidazole rings is 1. The van der Waals surface area contributed by atoms with Gasteiger partial charge in [-0.1, -0.05) is 23.7 Å². The van der Waals surface area contributed by atoms with Crippen LogP contribution < -0.4 is 0 Å². The van der Waals surface area contributed by atoms with Crippen LogP contribution in [0.15, 0.2) is 54.7 Å². The standard InChI is InChI=1S/C22H23ClFN3/c1-26(13-17-2-3-17)14-20-15-27(21-10-6-18(23)7-11-21)22(25-20)12-16-4-8-19(24)9-5-16/h4-11,15,17H,2-3,12-14H2,1H3. The SMILES string of the molecule is CN(Cc1cn(-c2ccc(Cl)cc2)c(Cc2ccc(F)cc2)n1)CC1CC1. The van der Waals surface area contributed by atoms with Crippen LogP contribution in [0.2, 0.25) is 5.02 Å². The normalized spacial score (nSPS) is 14.1. The van der Waals surface area contributed by atoms with E-state index >= 15 is 0 Å². The number of benzene rings is 2. The van der Waals surface area contributed by atoms with Crippen LogP contribution >= 0.6 is 11.6 Å². The zero-order chi connectivity index (χ0) is 18.8. The Bertz CT molecular complexity index is 898. The van der Waals surface area contributed by atoms with Crippen molar-refractivity contribution in [1.29, 1.82) is 0 Å². The van der Waals surface area contributed by atoms with Crippen LogP contribution in [0.3, 0.4) is 0 Å². The minimum atomic E-state index is -0.220. The molecule has 1 saturated carbocycles. The number of hydrogen-bond acceptors (Lipinski definition) is 2. The van der Waals surface area contributed by atoms with Crippen molar-refractivity contribution in [3.05, 3.63) is 82.6 Å². The maximum atomic E-state index is 13.2. The van der Waals surface area contributed by atoms with E-state index in [0.29, 0.717) is 11.4 Å². The summed E-state index contributed by atoms with van der Waals surface area (Å²) in [5, 5.41) is 0.711. The Balaban J connectivity index is 1.61. The van der Waals surface area contributed by atoms with Gasteiger partial charge >= 0.3 is 0 Å². The minimum Gasteiger partial charge on any atom is -0.303 e. The molecule has 1 fully saturated rings. The molecule has 5 heteroatoms. The molecule has 0 N–H and O–H groups in total. The smallest absolute Gasteiger partial charge is 0.123 e. The van der Waals surface area contributed by atoms with Gasteiger partial charge < -0.3 is 9.47 Å². The second kappa shape index (κ2) is 7.83. The van der Waals surface area contributed by atoms with Crippen molar-refractivity contribution in [2.45, 2.75) is 25.8 Å². The number of halogens is 2. The molecule has 1 heterocycles. The van der Waals surface area contributed by atoms with Gasteiger partial charge in [-0.25, -0.2) is 9.37 Å². The second-order valence-corrected chi connectivity index (χ2v) is 7.87. The van der Waals surface area contributed by atoms with Gasteiger partial charge in [-0.3, -0.25) is 0 Å². The monoisotopic (exact) mass is 383 g/mol. The topological polar surface area (TPSA) is 21.1 Å². The molecular formula is C22H23ClFN3. The zero-order valence-corrected chi connectivity index (χ0v) is 16.2. The zero-order valence-electron chi connectivity index (χ0n) is 15.4. The first-order valence-corrected chi connectivity index (χ1v) is 9.71. The molecule has 0 bridgehead atoms. The van der Waals surface area contributed by atoms with E-state index < -0.39 is 0 Å². The molecule has 0 radical (unpaired) electrons. The molecule has 0 unspecified atom stereocenters. The molecule has 0 atom stereocenters. The minimum absolute atomic E-state index is 0.220. The Morgan fingerprint density at radius 1 is 1.11 bits per heavy atom. The van der Waals surface area contributed by atoms with Crippen molar-refractivity contribution < 1.29 is 4.39 Å². The van der Waals surface area contributed by atoms with E-state index in [9.17, 15) is 4.39 Å². The van der Waals surface area contributed by atoms with Gasteiger partial charge in [0.05, 0.1) is 5.69 Å². The average molecular weight is 384 g/mol. The predicted octanol–water partition coefficient (Wildman–Crippen LogP) is 5.10. The third kappa shape index (κ3) is 4.76.